The van der Waals surface area contributed by atoms with Crippen LogP contribution in [0.5, 0.6) is 0 Å². The summed E-state index contributed by atoms with van der Waals surface area (Å²) in [6.45, 7) is 9.44. The molecule has 1 aliphatic carbocycles. The molecule has 0 aromatic rings. The van der Waals surface area contributed by atoms with Crippen LogP contribution < -0.4 is 0 Å². The van der Waals surface area contributed by atoms with E-state index in [4.69, 9.17) is 5.11 Å². The summed E-state index contributed by atoms with van der Waals surface area (Å²) < 4.78 is 0. The first kappa shape index (κ1) is 8.31. The second-order valence-electron chi connectivity index (χ2n) is 3.93. The maximum atomic E-state index is 10.8. The lowest BCUT2D eigenvalue weighted by Crippen LogP contribution is -2.18. The minimum Gasteiger partial charge on any atom is -0.481 e. The summed E-state index contributed by atoms with van der Waals surface area (Å²) in [5.41, 5.74) is 0.250. The van der Waals surface area contributed by atoms with Crippen LogP contribution in [0.1, 0.15) is 27.2 Å². The van der Waals surface area contributed by atoms with Gasteiger partial charge in [0, 0.05) is 5.41 Å². The molecule has 1 N–H and O–H groups in total. The number of hydrogen-bond acceptors (Lipinski definition) is 1. The van der Waals surface area contributed by atoms with Crippen molar-refractivity contribution in [1.82, 2.24) is 0 Å². The molecule has 2 atom stereocenters. The Hall–Kier alpha value is -0.790. The van der Waals surface area contributed by atoms with Crippen molar-refractivity contribution in [3.8, 4) is 0 Å². The molecule has 0 radical (unpaired) electrons. The van der Waals surface area contributed by atoms with E-state index < -0.39 is 11.4 Å². The third kappa shape index (κ3) is 0.817. The van der Waals surface area contributed by atoms with Gasteiger partial charge in [0.15, 0.2) is 0 Å². The zero-order chi connectivity index (χ0) is 8.86. The highest BCUT2D eigenvalue weighted by Gasteiger charge is 2.66. The Morgan fingerprint density at radius 3 is 2.00 bits per heavy atom. The van der Waals surface area contributed by atoms with Gasteiger partial charge in [-0.1, -0.05) is 19.1 Å². The molecule has 0 amide bonds. The van der Waals surface area contributed by atoms with E-state index in [1.165, 1.54) is 0 Å². The first-order valence-electron chi connectivity index (χ1n) is 3.74. The van der Waals surface area contributed by atoms with Crippen LogP contribution in [0.15, 0.2) is 12.2 Å². The number of aliphatic carboxylic acids is 1. The van der Waals surface area contributed by atoms with E-state index in [1.54, 1.807) is 6.92 Å². The van der Waals surface area contributed by atoms with E-state index in [0.717, 1.165) is 12.0 Å². The van der Waals surface area contributed by atoms with Crippen LogP contribution in [-0.4, -0.2) is 11.1 Å². The van der Waals surface area contributed by atoms with Gasteiger partial charge in [-0.05, 0) is 20.3 Å². The molecular formula is C9H14O2. The SMILES string of the molecule is C=C(C)C1(C)CC1(C)C(=O)O. The summed E-state index contributed by atoms with van der Waals surface area (Å²) in [6, 6.07) is 0. The number of allylic oxidation sites excluding steroid dienone is 1. The fraction of sp³-hybridized carbons (Fsp3) is 0.667. The second kappa shape index (κ2) is 1.87. The first-order chi connectivity index (χ1) is 4.84. The zero-order valence-corrected chi connectivity index (χ0v) is 7.27. The Balaban J connectivity index is 2.87. The number of rotatable bonds is 2. The van der Waals surface area contributed by atoms with Crippen LogP contribution in [0.3, 0.4) is 0 Å². The quantitative estimate of drug-likeness (QED) is 0.618. The summed E-state index contributed by atoms with van der Waals surface area (Å²) in [6.07, 6.45) is 0.727. The number of carboxylic acid groups (broad SMARTS) is 1. The average Bonchev–Trinajstić information content (AvgIpc) is 2.39. The lowest BCUT2D eigenvalue weighted by molar-refractivity contribution is -0.143. The number of carboxylic acids is 1. The lowest BCUT2D eigenvalue weighted by Gasteiger charge is -2.14. The maximum Gasteiger partial charge on any atom is 0.310 e. The third-order valence-electron chi connectivity index (χ3n) is 3.21. The maximum absolute atomic E-state index is 10.8. The Morgan fingerprint density at radius 2 is 1.91 bits per heavy atom. The van der Waals surface area contributed by atoms with Gasteiger partial charge in [-0.15, -0.1) is 0 Å². The van der Waals surface area contributed by atoms with Gasteiger partial charge in [0.1, 0.15) is 0 Å². The molecule has 0 heterocycles. The minimum absolute atomic E-state index is 0.168. The summed E-state index contributed by atoms with van der Waals surface area (Å²) in [5.74, 6) is -0.706. The number of hydrogen-bond donors (Lipinski definition) is 1. The van der Waals surface area contributed by atoms with Crippen molar-refractivity contribution in [2.24, 2.45) is 10.8 Å². The number of carbonyl (C=O) groups is 1. The molecule has 0 aromatic carbocycles. The van der Waals surface area contributed by atoms with Gasteiger partial charge < -0.3 is 5.11 Å². The summed E-state index contributed by atoms with van der Waals surface area (Å²) >= 11 is 0. The Bertz CT molecular complexity index is 208. The van der Waals surface area contributed by atoms with Gasteiger partial charge in [-0.3, -0.25) is 4.79 Å². The monoisotopic (exact) mass is 154 g/mol. The predicted molar refractivity (Wildman–Crippen MR) is 43.3 cm³/mol. The molecule has 0 spiro atoms. The van der Waals surface area contributed by atoms with E-state index >= 15 is 0 Å². The molecule has 0 aliphatic heterocycles. The Labute approximate surface area is 66.9 Å². The van der Waals surface area contributed by atoms with Gasteiger partial charge in [-0.2, -0.15) is 0 Å². The van der Waals surface area contributed by atoms with Crippen molar-refractivity contribution in [2.75, 3.05) is 0 Å². The van der Waals surface area contributed by atoms with Gasteiger partial charge in [0.2, 0.25) is 0 Å². The van der Waals surface area contributed by atoms with Gasteiger partial charge in [0.05, 0.1) is 5.41 Å². The van der Waals surface area contributed by atoms with Crippen LogP contribution in [-0.2, 0) is 4.79 Å². The van der Waals surface area contributed by atoms with Crippen LogP contribution in [0.4, 0.5) is 0 Å². The largest absolute Gasteiger partial charge is 0.481 e. The van der Waals surface area contributed by atoms with Crippen molar-refractivity contribution >= 4 is 5.97 Å². The van der Waals surface area contributed by atoms with Gasteiger partial charge in [-0.25, -0.2) is 0 Å². The summed E-state index contributed by atoms with van der Waals surface area (Å²) in [4.78, 5) is 10.8. The smallest absolute Gasteiger partial charge is 0.310 e. The summed E-state index contributed by atoms with van der Waals surface area (Å²) in [5, 5.41) is 8.86. The van der Waals surface area contributed by atoms with Crippen LogP contribution in [0.25, 0.3) is 0 Å². The molecule has 0 saturated heterocycles. The van der Waals surface area contributed by atoms with Crippen molar-refractivity contribution in [1.29, 1.82) is 0 Å². The molecule has 2 unspecified atom stereocenters. The molecule has 2 nitrogen and oxygen atoms in total. The van der Waals surface area contributed by atoms with E-state index in [2.05, 4.69) is 6.58 Å². The normalized spacial score (nSPS) is 41.7. The van der Waals surface area contributed by atoms with E-state index in [9.17, 15) is 4.79 Å². The average molecular weight is 154 g/mol. The van der Waals surface area contributed by atoms with Crippen LogP contribution >= 0.6 is 0 Å². The Morgan fingerprint density at radius 1 is 1.45 bits per heavy atom. The molecule has 62 valence electrons. The highest BCUT2D eigenvalue weighted by Crippen LogP contribution is 2.67. The van der Waals surface area contributed by atoms with Crippen molar-refractivity contribution in [3.63, 3.8) is 0 Å². The molecule has 0 aromatic heterocycles. The molecule has 1 aliphatic rings. The van der Waals surface area contributed by atoms with Crippen LogP contribution in [0.2, 0.25) is 0 Å². The molecule has 11 heavy (non-hydrogen) atoms. The molecule has 1 fully saturated rings. The fourth-order valence-corrected chi connectivity index (χ4v) is 1.60. The lowest BCUT2D eigenvalue weighted by atomic mass is 9.90. The topological polar surface area (TPSA) is 37.3 Å². The highest BCUT2D eigenvalue weighted by atomic mass is 16.4. The summed E-state index contributed by atoms with van der Waals surface area (Å²) in [7, 11) is 0. The van der Waals surface area contributed by atoms with Crippen molar-refractivity contribution in [2.45, 2.75) is 27.2 Å². The third-order valence-corrected chi connectivity index (χ3v) is 3.21. The molecule has 1 rings (SSSR count). The Kier molecular flexibility index (Phi) is 1.41. The van der Waals surface area contributed by atoms with E-state index in [-0.39, 0.29) is 5.41 Å². The molecular weight excluding hydrogens is 140 g/mol. The van der Waals surface area contributed by atoms with Gasteiger partial charge >= 0.3 is 5.97 Å². The minimum atomic E-state index is -0.706. The molecule has 1 saturated carbocycles. The van der Waals surface area contributed by atoms with E-state index in [1.807, 2.05) is 13.8 Å². The fourth-order valence-electron chi connectivity index (χ4n) is 1.60. The highest BCUT2D eigenvalue weighted by molar-refractivity contribution is 5.80. The van der Waals surface area contributed by atoms with E-state index in [0.29, 0.717) is 0 Å². The second-order valence-corrected chi connectivity index (χ2v) is 3.93. The van der Waals surface area contributed by atoms with Gasteiger partial charge in [0.25, 0.3) is 0 Å². The standard InChI is InChI=1S/C9H14O2/c1-6(2)8(3)5-9(8,4)7(10)11/h1,5H2,2-4H3,(H,10,11). The van der Waals surface area contributed by atoms with Crippen LogP contribution in [0, 0.1) is 10.8 Å². The first-order valence-corrected chi connectivity index (χ1v) is 3.74. The van der Waals surface area contributed by atoms with Crippen molar-refractivity contribution < 1.29 is 9.90 Å². The zero-order valence-electron chi connectivity index (χ0n) is 7.27. The molecule has 0 bridgehead atoms. The predicted octanol–water partition coefficient (Wildman–Crippen LogP) is 2.06. The molecule has 2 heteroatoms. The van der Waals surface area contributed by atoms with Crippen molar-refractivity contribution in [3.05, 3.63) is 12.2 Å².